The lowest BCUT2D eigenvalue weighted by atomic mass is 10.2. The molecule has 0 atom stereocenters. The van der Waals surface area contributed by atoms with Gasteiger partial charge in [0.05, 0.1) is 18.4 Å². The first-order chi connectivity index (χ1) is 13.6. The van der Waals surface area contributed by atoms with E-state index in [9.17, 15) is 9.59 Å². The molecule has 4 rings (SSSR count). The molecule has 1 aliphatic rings. The van der Waals surface area contributed by atoms with E-state index in [0.29, 0.717) is 22.8 Å². The third-order valence-corrected chi connectivity index (χ3v) is 5.20. The molecule has 7 heteroatoms. The second-order valence-corrected chi connectivity index (χ2v) is 7.05. The summed E-state index contributed by atoms with van der Waals surface area (Å²) in [6.07, 6.45) is 4.24. The van der Waals surface area contributed by atoms with Crippen LogP contribution in [-0.2, 0) is 4.74 Å². The van der Waals surface area contributed by atoms with E-state index >= 15 is 0 Å². The first kappa shape index (κ1) is 18.2. The van der Waals surface area contributed by atoms with E-state index in [-0.39, 0.29) is 11.6 Å². The summed E-state index contributed by atoms with van der Waals surface area (Å²) in [6.45, 7) is 1.91. The molecule has 1 N–H and O–H groups in total. The van der Waals surface area contributed by atoms with Crippen molar-refractivity contribution in [1.29, 1.82) is 0 Å². The van der Waals surface area contributed by atoms with Crippen LogP contribution >= 0.6 is 0 Å². The topological polar surface area (TPSA) is 86.1 Å². The second kappa shape index (κ2) is 7.42. The van der Waals surface area contributed by atoms with Crippen LogP contribution in [0.4, 0.5) is 11.6 Å². The van der Waals surface area contributed by atoms with Gasteiger partial charge in [0, 0.05) is 23.2 Å². The number of rotatable bonds is 4. The molecule has 2 heterocycles. The van der Waals surface area contributed by atoms with Gasteiger partial charge in [0.1, 0.15) is 5.65 Å². The third kappa shape index (κ3) is 3.35. The fourth-order valence-electron chi connectivity index (χ4n) is 3.83. The van der Waals surface area contributed by atoms with E-state index in [0.717, 1.165) is 36.8 Å². The van der Waals surface area contributed by atoms with Gasteiger partial charge in [0.2, 0.25) is 5.95 Å². The van der Waals surface area contributed by atoms with Gasteiger partial charge in [-0.3, -0.25) is 9.36 Å². The molecule has 1 aromatic carbocycles. The van der Waals surface area contributed by atoms with Gasteiger partial charge in [-0.1, -0.05) is 18.9 Å². The van der Waals surface area contributed by atoms with Crippen molar-refractivity contribution in [3.05, 3.63) is 58.0 Å². The Kier molecular flexibility index (Phi) is 4.81. The number of carbonyl (C=O) groups excluding carboxylic acids is 1. The largest absolute Gasteiger partial charge is 0.465 e. The lowest BCUT2D eigenvalue weighted by molar-refractivity contribution is 0.0601. The molecular weight excluding hydrogens is 356 g/mol. The van der Waals surface area contributed by atoms with Crippen molar-refractivity contribution >= 4 is 28.6 Å². The molecule has 3 aromatic rings. The van der Waals surface area contributed by atoms with Gasteiger partial charge in [-0.05, 0) is 44.0 Å². The summed E-state index contributed by atoms with van der Waals surface area (Å²) in [5.74, 6) is -0.0151. The average Bonchev–Trinajstić information content (AvgIpc) is 3.21. The molecule has 0 aliphatic heterocycles. The maximum atomic E-state index is 12.6. The minimum atomic E-state index is -0.408. The maximum absolute atomic E-state index is 12.6. The summed E-state index contributed by atoms with van der Waals surface area (Å²) in [5.41, 5.74) is 2.53. The normalized spacial score (nSPS) is 14.4. The number of ether oxygens (including phenoxy) is 1. The molecule has 0 saturated heterocycles. The summed E-state index contributed by atoms with van der Waals surface area (Å²) in [5, 5.41) is 4.02. The number of nitrogens with zero attached hydrogens (tertiary/aromatic N) is 3. The number of aryl methyl sites for hydroxylation is 1. The summed E-state index contributed by atoms with van der Waals surface area (Å²) >= 11 is 0. The Labute approximate surface area is 162 Å². The highest BCUT2D eigenvalue weighted by molar-refractivity contribution is 5.90. The number of methoxy groups -OCH3 is 1. The van der Waals surface area contributed by atoms with E-state index in [4.69, 9.17) is 4.74 Å². The summed E-state index contributed by atoms with van der Waals surface area (Å²) in [4.78, 5) is 33.5. The van der Waals surface area contributed by atoms with Crippen LogP contribution < -0.4 is 10.9 Å². The van der Waals surface area contributed by atoms with Gasteiger partial charge >= 0.3 is 5.97 Å². The predicted molar refractivity (Wildman–Crippen MR) is 107 cm³/mol. The minimum Gasteiger partial charge on any atom is -0.465 e. The van der Waals surface area contributed by atoms with Crippen LogP contribution in [0.1, 0.15) is 47.8 Å². The molecule has 28 heavy (non-hydrogen) atoms. The second-order valence-electron chi connectivity index (χ2n) is 7.05. The van der Waals surface area contributed by atoms with E-state index in [2.05, 4.69) is 15.3 Å². The SMILES string of the molecule is COC(=O)c1cccc(Nc2nc(C)c3ccc(=O)n(C4CCCC4)c3n2)c1. The van der Waals surface area contributed by atoms with Gasteiger partial charge in [0.15, 0.2) is 0 Å². The number of carbonyl (C=O) groups is 1. The molecule has 1 saturated carbocycles. The zero-order chi connectivity index (χ0) is 19.7. The highest BCUT2D eigenvalue weighted by Gasteiger charge is 2.21. The van der Waals surface area contributed by atoms with E-state index in [1.807, 2.05) is 17.6 Å². The highest BCUT2D eigenvalue weighted by Crippen LogP contribution is 2.31. The predicted octanol–water partition coefficient (Wildman–Crippen LogP) is 3.75. The summed E-state index contributed by atoms with van der Waals surface area (Å²) < 4.78 is 6.58. The number of esters is 1. The molecule has 0 amide bonds. The summed E-state index contributed by atoms with van der Waals surface area (Å²) in [6, 6.07) is 10.5. The monoisotopic (exact) mass is 378 g/mol. The first-order valence-corrected chi connectivity index (χ1v) is 9.42. The smallest absolute Gasteiger partial charge is 0.337 e. The zero-order valence-electron chi connectivity index (χ0n) is 15.9. The van der Waals surface area contributed by atoms with Crippen LogP contribution in [0.15, 0.2) is 41.2 Å². The van der Waals surface area contributed by atoms with Crippen LogP contribution in [0.2, 0.25) is 0 Å². The number of aromatic nitrogens is 3. The molecule has 0 bridgehead atoms. The average molecular weight is 378 g/mol. The Bertz CT molecular complexity index is 1100. The van der Waals surface area contributed by atoms with Gasteiger partial charge in [-0.15, -0.1) is 0 Å². The molecule has 0 radical (unpaired) electrons. The van der Waals surface area contributed by atoms with E-state index < -0.39 is 5.97 Å². The Morgan fingerprint density at radius 1 is 1.18 bits per heavy atom. The third-order valence-electron chi connectivity index (χ3n) is 5.20. The number of anilines is 2. The highest BCUT2D eigenvalue weighted by atomic mass is 16.5. The Morgan fingerprint density at radius 3 is 2.71 bits per heavy atom. The molecule has 1 aliphatic carbocycles. The van der Waals surface area contributed by atoms with Gasteiger partial charge in [-0.2, -0.15) is 4.98 Å². The van der Waals surface area contributed by atoms with Gasteiger partial charge in [-0.25, -0.2) is 9.78 Å². The van der Waals surface area contributed by atoms with Crippen molar-refractivity contribution in [1.82, 2.24) is 14.5 Å². The van der Waals surface area contributed by atoms with Crippen molar-refractivity contribution in [3.63, 3.8) is 0 Å². The lowest BCUT2D eigenvalue weighted by Gasteiger charge is -2.17. The van der Waals surface area contributed by atoms with E-state index in [1.165, 1.54) is 7.11 Å². The number of nitrogens with one attached hydrogen (secondary N) is 1. The number of fused-ring (bicyclic) bond motifs is 1. The lowest BCUT2D eigenvalue weighted by Crippen LogP contribution is -2.24. The fraction of sp³-hybridized carbons (Fsp3) is 0.333. The quantitative estimate of drug-likeness (QED) is 0.696. The van der Waals surface area contributed by atoms with Crippen molar-refractivity contribution in [3.8, 4) is 0 Å². The van der Waals surface area contributed by atoms with Crippen molar-refractivity contribution in [2.45, 2.75) is 38.6 Å². The van der Waals surface area contributed by atoms with Crippen LogP contribution in [0, 0.1) is 6.92 Å². The Morgan fingerprint density at radius 2 is 1.96 bits per heavy atom. The molecule has 7 nitrogen and oxygen atoms in total. The molecule has 2 aromatic heterocycles. The fourth-order valence-corrected chi connectivity index (χ4v) is 3.83. The molecule has 0 unspecified atom stereocenters. The summed E-state index contributed by atoms with van der Waals surface area (Å²) in [7, 11) is 1.35. The van der Waals surface area contributed by atoms with Crippen molar-refractivity contribution in [2.24, 2.45) is 0 Å². The number of hydrogen-bond acceptors (Lipinski definition) is 6. The Hall–Kier alpha value is -3.22. The van der Waals surface area contributed by atoms with Gasteiger partial charge < -0.3 is 10.1 Å². The van der Waals surface area contributed by atoms with Crippen LogP contribution in [0.3, 0.4) is 0 Å². The zero-order valence-corrected chi connectivity index (χ0v) is 15.9. The van der Waals surface area contributed by atoms with Gasteiger partial charge in [0.25, 0.3) is 5.56 Å². The molecule has 1 fully saturated rings. The molecule has 0 spiro atoms. The minimum absolute atomic E-state index is 0.0314. The van der Waals surface area contributed by atoms with Crippen LogP contribution in [0.25, 0.3) is 11.0 Å². The number of pyridine rings is 1. The van der Waals surface area contributed by atoms with E-state index in [1.54, 1.807) is 30.3 Å². The van der Waals surface area contributed by atoms with Crippen LogP contribution in [-0.4, -0.2) is 27.6 Å². The Balaban J connectivity index is 1.77. The van der Waals surface area contributed by atoms with Crippen molar-refractivity contribution in [2.75, 3.05) is 12.4 Å². The molecule has 144 valence electrons. The first-order valence-electron chi connectivity index (χ1n) is 9.42. The molecular formula is C21H22N4O3. The number of hydrogen-bond donors (Lipinski definition) is 1. The number of benzene rings is 1. The maximum Gasteiger partial charge on any atom is 0.337 e. The van der Waals surface area contributed by atoms with Crippen LogP contribution in [0.5, 0.6) is 0 Å². The standard InChI is InChI=1S/C21H22N4O3/c1-13-17-10-11-18(26)25(16-8-3-4-9-16)19(17)24-21(22-13)23-15-7-5-6-14(12-15)20(27)28-2/h5-7,10-12,16H,3-4,8-9H2,1-2H3,(H,22,23,24). The van der Waals surface area contributed by atoms with Crippen molar-refractivity contribution < 1.29 is 9.53 Å².